The lowest BCUT2D eigenvalue weighted by molar-refractivity contribution is 0.433. The fourth-order valence-corrected chi connectivity index (χ4v) is 3.86. The molecule has 3 nitrogen and oxygen atoms in total. The highest BCUT2D eigenvalue weighted by Gasteiger charge is 2.36. The maximum atomic E-state index is 6.09. The Kier molecular flexibility index (Phi) is 2.55. The standard InChI is InChI=1S/C18H21NO2/c1-10-8-13-12(3)16-14(9-11(2)20-16)15(17(13)21-10)18(4)6-5-7-19-18/h8-9,19H,5-7H2,1-4H3. The third kappa shape index (κ3) is 1.70. The summed E-state index contributed by atoms with van der Waals surface area (Å²) < 4.78 is 12.1. The van der Waals surface area contributed by atoms with Gasteiger partial charge in [-0.25, -0.2) is 0 Å². The largest absolute Gasteiger partial charge is 0.461 e. The number of aryl methyl sites for hydroxylation is 3. The predicted molar refractivity (Wildman–Crippen MR) is 84.8 cm³/mol. The molecule has 21 heavy (non-hydrogen) atoms. The fraction of sp³-hybridized carbons (Fsp3) is 0.444. The first kappa shape index (κ1) is 13.0. The van der Waals surface area contributed by atoms with Gasteiger partial charge >= 0.3 is 0 Å². The molecule has 3 heterocycles. The van der Waals surface area contributed by atoms with Crippen LogP contribution in [-0.2, 0) is 5.54 Å². The zero-order valence-electron chi connectivity index (χ0n) is 13.1. The van der Waals surface area contributed by atoms with E-state index >= 15 is 0 Å². The van der Waals surface area contributed by atoms with Crippen LogP contribution in [0.1, 0.15) is 42.4 Å². The van der Waals surface area contributed by atoms with Crippen LogP contribution in [-0.4, -0.2) is 6.54 Å². The Morgan fingerprint density at radius 1 is 1.00 bits per heavy atom. The van der Waals surface area contributed by atoms with E-state index < -0.39 is 0 Å². The van der Waals surface area contributed by atoms with Gasteiger partial charge in [0.25, 0.3) is 0 Å². The molecule has 110 valence electrons. The average molecular weight is 283 g/mol. The molecule has 1 aliphatic rings. The fourth-order valence-electron chi connectivity index (χ4n) is 3.86. The van der Waals surface area contributed by atoms with Crippen molar-refractivity contribution in [2.24, 2.45) is 0 Å². The minimum Gasteiger partial charge on any atom is -0.461 e. The van der Waals surface area contributed by atoms with E-state index in [1.54, 1.807) is 0 Å². The molecule has 3 aromatic rings. The van der Waals surface area contributed by atoms with Crippen LogP contribution in [0.5, 0.6) is 0 Å². The minimum atomic E-state index is -0.0369. The van der Waals surface area contributed by atoms with Crippen LogP contribution in [0.4, 0.5) is 0 Å². The zero-order chi connectivity index (χ0) is 14.8. The number of fused-ring (bicyclic) bond motifs is 2. The van der Waals surface area contributed by atoms with Gasteiger partial charge in [0.1, 0.15) is 22.7 Å². The van der Waals surface area contributed by atoms with Crippen molar-refractivity contribution in [3.63, 3.8) is 0 Å². The summed E-state index contributed by atoms with van der Waals surface area (Å²) in [6, 6.07) is 4.28. The first-order valence-electron chi connectivity index (χ1n) is 7.68. The third-order valence-corrected chi connectivity index (χ3v) is 4.87. The van der Waals surface area contributed by atoms with Crippen LogP contribution in [0.25, 0.3) is 21.9 Å². The van der Waals surface area contributed by atoms with Crippen molar-refractivity contribution >= 4 is 21.9 Å². The normalized spacial score (nSPS) is 22.7. The molecule has 0 saturated carbocycles. The smallest absolute Gasteiger partial charge is 0.140 e. The summed E-state index contributed by atoms with van der Waals surface area (Å²) in [6.45, 7) is 9.49. The maximum Gasteiger partial charge on any atom is 0.140 e. The van der Waals surface area contributed by atoms with Crippen molar-refractivity contribution in [3.05, 3.63) is 34.8 Å². The Labute approximate surface area is 124 Å². The van der Waals surface area contributed by atoms with Gasteiger partial charge in [0.2, 0.25) is 0 Å². The van der Waals surface area contributed by atoms with Gasteiger partial charge < -0.3 is 14.2 Å². The highest BCUT2D eigenvalue weighted by Crippen LogP contribution is 2.43. The van der Waals surface area contributed by atoms with Gasteiger partial charge in [-0.3, -0.25) is 0 Å². The first-order chi connectivity index (χ1) is 9.99. The molecule has 0 bridgehead atoms. The average Bonchev–Trinajstić information content (AvgIpc) is 3.09. The number of benzene rings is 1. The highest BCUT2D eigenvalue weighted by atomic mass is 16.3. The van der Waals surface area contributed by atoms with Crippen LogP contribution >= 0.6 is 0 Å². The molecule has 0 aliphatic carbocycles. The molecular formula is C18H21NO2. The lowest BCUT2D eigenvalue weighted by Gasteiger charge is -2.26. The SMILES string of the molecule is Cc1cc2c(C3(C)CCCN3)c3oc(C)cc3c(C)c2o1. The van der Waals surface area contributed by atoms with E-state index in [0.29, 0.717) is 0 Å². The van der Waals surface area contributed by atoms with E-state index in [0.717, 1.165) is 35.7 Å². The molecule has 1 N–H and O–H groups in total. The van der Waals surface area contributed by atoms with Crippen LogP contribution in [0.15, 0.2) is 21.0 Å². The Bertz CT molecular complexity index is 789. The molecule has 0 amide bonds. The number of rotatable bonds is 1. The lowest BCUT2D eigenvalue weighted by Crippen LogP contribution is -2.33. The number of hydrogen-bond donors (Lipinski definition) is 1. The van der Waals surface area contributed by atoms with Crippen molar-refractivity contribution < 1.29 is 8.83 Å². The molecule has 4 rings (SSSR count). The molecule has 2 aromatic heterocycles. The Morgan fingerprint density at radius 3 is 2.33 bits per heavy atom. The summed E-state index contributed by atoms with van der Waals surface area (Å²) >= 11 is 0. The number of hydrogen-bond acceptors (Lipinski definition) is 3. The Balaban J connectivity index is 2.20. The monoisotopic (exact) mass is 283 g/mol. The van der Waals surface area contributed by atoms with Gasteiger partial charge in [0.15, 0.2) is 0 Å². The minimum absolute atomic E-state index is 0.0369. The second kappa shape index (κ2) is 4.14. The number of nitrogens with one attached hydrogen (secondary N) is 1. The molecule has 1 atom stereocenters. The summed E-state index contributed by atoms with van der Waals surface area (Å²) in [5, 5.41) is 6.05. The van der Waals surface area contributed by atoms with Gasteiger partial charge in [-0.1, -0.05) is 0 Å². The third-order valence-electron chi connectivity index (χ3n) is 4.87. The summed E-state index contributed by atoms with van der Waals surface area (Å²) in [4.78, 5) is 0. The maximum absolute atomic E-state index is 6.09. The van der Waals surface area contributed by atoms with Crippen molar-refractivity contribution in [1.29, 1.82) is 0 Å². The molecule has 3 heteroatoms. The van der Waals surface area contributed by atoms with Gasteiger partial charge in [-0.15, -0.1) is 0 Å². The van der Waals surface area contributed by atoms with Gasteiger partial charge in [-0.2, -0.15) is 0 Å². The van der Waals surface area contributed by atoms with E-state index in [1.807, 2.05) is 13.8 Å². The highest BCUT2D eigenvalue weighted by molar-refractivity contribution is 6.02. The summed E-state index contributed by atoms with van der Waals surface area (Å²) in [5.41, 5.74) is 4.43. The van der Waals surface area contributed by atoms with Crippen LogP contribution in [0.3, 0.4) is 0 Å². The number of furan rings is 2. The van der Waals surface area contributed by atoms with Gasteiger partial charge in [0.05, 0.1) is 0 Å². The van der Waals surface area contributed by atoms with Crippen LogP contribution in [0, 0.1) is 20.8 Å². The van der Waals surface area contributed by atoms with Crippen molar-refractivity contribution in [1.82, 2.24) is 5.32 Å². The molecule has 1 aliphatic heterocycles. The van der Waals surface area contributed by atoms with E-state index in [9.17, 15) is 0 Å². The summed E-state index contributed by atoms with van der Waals surface area (Å²) in [6.07, 6.45) is 2.33. The van der Waals surface area contributed by atoms with E-state index in [-0.39, 0.29) is 5.54 Å². The second-order valence-electron chi connectivity index (χ2n) is 6.56. The molecule has 0 spiro atoms. The topological polar surface area (TPSA) is 38.3 Å². The van der Waals surface area contributed by atoms with Crippen molar-refractivity contribution in [3.8, 4) is 0 Å². The van der Waals surface area contributed by atoms with Crippen LogP contribution in [0.2, 0.25) is 0 Å². The first-order valence-corrected chi connectivity index (χ1v) is 7.68. The van der Waals surface area contributed by atoms with Gasteiger partial charge in [-0.05, 0) is 59.2 Å². The molecule has 0 radical (unpaired) electrons. The van der Waals surface area contributed by atoms with E-state index in [1.165, 1.54) is 28.3 Å². The second-order valence-corrected chi connectivity index (χ2v) is 6.56. The van der Waals surface area contributed by atoms with Crippen LogP contribution < -0.4 is 5.32 Å². The predicted octanol–water partition coefficient (Wildman–Crippen LogP) is 4.70. The van der Waals surface area contributed by atoms with E-state index in [4.69, 9.17) is 8.83 Å². The Hall–Kier alpha value is -1.74. The quantitative estimate of drug-likeness (QED) is 0.703. The van der Waals surface area contributed by atoms with Crippen molar-refractivity contribution in [2.45, 2.75) is 46.1 Å². The molecule has 1 aromatic carbocycles. The Morgan fingerprint density at radius 2 is 1.67 bits per heavy atom. The summed E-state index contributed by atoms with van der Waals surface area (Å²) in [5.74, 6) is 1.92. The molecule has 1 saturated heterocycles. The van der Waals surface area contributed by atoms with Gasteiger partial charge in [0, 0.05) is 27.4 Å². The van der Waals surface area contributed by atoms with E-state index in [2.05, 4.69) is 31.3 Å². The molecule has 1 unspecified atom stereocenters. The molecular weight excluding hydrogens is 262 g/mol. The zero-order valence-corrected chi connectivity index (χ0v) is 13.1. The molecule has 1 fully saturated rings. The summed E-state index contributed by atoms with van der Waals surface area (Å²) in [7, 11) is 0. The lowest BCUT2D eigenvalue weighted by atomic mass is 9.86. The van der Waals surface area contributed by atoms with Crippen molar-refractivity contribution in [2.75, 3.05) is 6.54 Å².